The second-order valence-electron chi connectivity index (χ2n) is 8.01. The molecule has 3 aromatic carbocycles. The van der Waals surface area contributed by atoms with Crippen LogP contribution in [0.2, 0.25) is 0 Å². The van der Waals surface area contributed by atoms with Gasteiger partial charge in [0.05, 0.1) is 11.1 Å². The van der Waals surface area contributed by atoms with Gasteiger partial charge in [0.2, 0.25) is 0 Å². The van der Waals surface area contributed by atoms with E-state index in [1.165, 1.54) is 4.90 Å². The summed E-state index contributed by atoms with van der Waals surface area (Å²) in [4.78, 5) is 55.8. The van der Waals surface area contributed by atoms with Crippen LogP contribution in [0, 0.1) is 0 Å². The maximum Gasteiger partial charge on any atom is 0.328 e. The third-order valence-electron chi connectivity index (χ3n) is 6.02. The minimum absolute atomic E-state index is 0.0511. The molecule has 0 bridgehead atoms. The van der Waals surface area contributed by atoms with E-state index in [0.717, 1.165) is 20.9 Å². The van der Waals surface area contributed by atoms with E-state index < -0.39 is 23.9 Å². The van der Waals surface area contributed by atoms with Crippen LogP contribution >= 0.6 is 0 Å². The van der Waals surface area contributed by atoms with E-state index >= 15 is 0 Å². The Morgan fingerprint density at radius 2 is 1.12 bits per heavy atom. The van der Waals surface area contributed by atoms with Crippen LogP contribution in [0.5, 0.6) is 0 Å². The molecule has 7 heteroatoms. The fraction of sp³-hybridized carbons (Fsp3) is 0.154. The maximum absolute atomic E-state index is 13.4. The number of hydrogen-bond acceptors (Lipinski definition) is 4. The predicted octanol–water partition coefficient (Wildman–Crippen LogP) is 3.49. The van der Waals surface area contributed by atoms with Crippen LogP contribution in [0.4, 0.5) is 4.79 Å². The van der Waals surface area contributed by atoms with E-state index in [4.69, 9.17) is 0 Å². The molecule has 5 amide bonds. The van der Waals surface area contributed by atoms with Gasteiger partial charge in [0.1, 0.15) is 6.04 Å². The lowest BCUT2D eigenvalue weighted by atomic mass is 10.1. The number of urea groups is 1. The maximum atomic E-state index is 13.4. The number of nitrogens with zero attached hydrogens (tertiary/aromatic N) is 3. The molecule has 7 nitrogen and oxygen atoms in total. The fourth-order valence-corrected chi connectivity index (χ4v) is 4.39. The van der Waals surface area contributed by atoms with E-state index in [1.54, 1.807) is 24.3 Å². The van der Waals surface area contributed by atoms with Gasteiger partial charge in [-0.25, -0.2) is 4.79 Å². The number of fused-ring (bicyclic) bond motifs is 1. The molecule has 2 aliphatic heterocycles. The number of imide groups is 2. The summed E-state index contributed by atoms with van der Waals surface area (Å²) in [5.41, 5.74) is 2.31. The molecule has 164 valence electrons. The second kappa shape index (κ2) is 8.35. The summed E-state index contributed by atoms with van der Waals surface area (Å²) in [6.07, 6.45) is 0. The zero-order valence-corrected chi connectivity index (χ0v) is 17.8. The molecular weight excluding hydrogens is 418 g/mol. The third-order valence-corrected chi connectivity index (χ3v) is 6.02. The van der Waals surface area contributed by atoms with Gasteiger partial charge in [0.15, 0.2) is 0 Å². The first-order chi connectivity index (χ1) is 16.1. The normalized spacial score (nSPS) is 17.8. The van der Waals surface area contributed by atoms with Gasteiger partial charge < -0.3 is 4.90 Å². The molecule has 0 spiro atoms. The zero-order chi connectivity index (χ0) is 22.9. The molecule has 0 aromatic heterocycles. The molecule has 1 fully saturated rings. The first-order valence-corrected chi connectivity index (χ1v) is 10.7. The van der Waals surface area contributed by atoms with Crippen LogP contribution in [0.15, 0.2) is 84.9 Å². The van der Waals surface area contributed by atoms with Crippen molar-refractivity contribution in [1.82, 2.24) is 14.7 Å². The highest BCUT2D eigenvalue weighted by molar-refractivity contribution is 6.21. The van der Waals surface area contributed by atoms with Gasteiger partial charge in [-0.1, -0.05) is 72.8 Å². The standard InChI is InChI=1S/C26H21N3O4/c30-23-20-13-7-8-14-21(20)24(31)27(23)15-16-28-25(32)22(19-11-5-2-6-12-19)29(26(28)33)17-18-9-3-1-4-10-18/h1-14,22H,15-17H2. The van der Waals surface area contributed by atoms with E-state index in [-0.39, 0.29) is 25.5 Å². The lowest BCUT2D eigenvalue weighted by molar-refractivity contribution is -0.128. The monoisotopic (exact) mass is 439 g/mol. The summed E-state index contributed by atoms with van der Waals surface area (Å²) in [6.45, 7) is 0.163. The molecule has 2 heterocycles. The molecule has 0 radical (unpaired) electrons. The Balaban J connectivity index is 1.39. The highest BCUT2D eigenvalue weighted by atomic mass is 16.2. The van der Waals surface area contributed by atoms with Gasteiger partial charge in [0, 0.05) is 19.6 Å². The summed E-state index contributed by atoms with van der Waals surface area (Å²) in [5.74, 6) is -1.18. The largest absolute Gasteiger partial charge is 0.328 e. The molecule has 0 aliphatic carbocycles. The van der Waals surface area contributed by atoms with Crippen LogP contribution in [0.25, 0.3) is 0 Å². The van der Waals surface area contributed by atoms with Gasteiger partial charge in [-0.3, -0.25) is 24.2 Å². The van der Waals surface area contributed by atoms with E-state index in [9.17, 15) is 19.2 Å². The van der Waals surface area contributed by atoms with Gasteiger partial charge in [-0.15, -0.1) is 0 Å². The Kier molecular flexibility index (Phi) is 5.22. The topological polar surface area (TPSA) is 78.0 Å². The average Bonchev–Trinajstić information content (AvgIpc) is 3.23. The Labute approximate surface area is 190 Å². The lowest BCUT2D eigenvalue weighted by Gasteiger charge is -2.22. The number of rotatable bonds is 6. The number of benzene rings is 3. The lowest BCUT2D eigenvalue weighted by Crippen LogP contribution is -2.41. The summed E-state index contributed by atoms with van der Waals surface area (Å²) in [7, 11) is 0. The third kappa shape index (κ3) is 3.57. The number of carbonyl (C=O) groups is 4. The Morgan fingerprint density at radius 1 is 0.606 bits per heavy atom. The summed E-state index contributed by atoms with van der Waals surface area (Å²) in [6, 6.07) is 24.0. The van der Waals surface area contributed by atoms with Crippen molar-refractivity contribution in [2.24, 2.45) is 0 Å². The average molecular weight is 439 g/mol. The van der Waals surface area contributed by atoms with E-state index in [1.807, 2.05) is 60.7 Å². The van der Waals surface area contributed by atoms with Crippen LogP contribution < -0.4 is 0 Å². The van der Waals surface area contributed by atoms with Gasteiger partial charge in [0.25, 0.3) is 17.7 Å². The fourth-order valence-electron chi connectivity index (χ4n) is 4.39. The molecule has 1 atom stereocenters. The minimum atomic E-state index is -0.763. The summed E-state index contributed by atoms with van der Waals surface area (Å²) < 4.78 is 0. The van der Waals surface area contributed by atoms with Crippen LogP contribution in [0.3, 0.4) is 0 Å². The number of carbonyl (C=O) groups excluding carboxylic acids is 4. The van der Waals surface area contributed by atoms with Gasteiger partial charge in [-0.2, -0.15) is 0 Å². The summed E-state index contributed by atoms with van der Waals surface area (Å²) in [5, 5.41) is 0. The van der Waals surface area contributed by atoms with Crippen molar-refractivity contribution in [1.29, 1.82) is 0 Å². The second-order valence-corrected chi connectivity index (χ2v) is 8.01. The highest BCUT2D eigenvalue weighted by Crippen LogP contribution is 2.32. The van der Waals surface area contributed by atoms with Crippen molar-refractivity contribution in [2.45, 2.75) is 12.6 Å². The van der Waals surface area contributed by atoms with Gasteiger partial charge >= 0.3 is 6.03 Å². The van der Waals surface area contributed by atoms with Crippen molar-refractivity contribution in [3.05, 3.63) is 107 Å². The highest BCUT2D eigenvalue weighted by Gasteiger charge is 2.46. The SMILES string of the molecule is O=C1c2ccccc2C(=O)N1CCN1C(=O)C(c2ccccc2)N(Cc2ccccc2)C1=O. The van der Waals surface area contributed by atoms with Crippen LogP contribution in [-0.2, 0) is 11.3 Å². The molecule has 1 saturated heterocycles. The molecule has 1 unspecified atom stereocenters. The van der Waals surface area contributed by atoms with Crippen LogP contribution in [0.1, 0.15) is 37.9 Å². The first-order valence-electron chi connectivity index (χ1n) is 10.7. The molecule has 5 rings (SSSR count). The predicted molar refractivity (Wildman–Crippen MR) is 120 cm³/mol. The van der Waals surface area contributed by atoms with E-state index in [0.29, 0.717) is 11.1 Å². The summed E-state index contributed by atoms with van der Waals surface area (Å²) >= 11 is 0. The van der Waals surface area contributed by atoms with E-state index in [2.05, 4.69) is 0 Å². The van der Waals surface area contributed by atoms with Crippen molar-refractivity contribution in [3.8, 4) is 0 Å². The van der Waals surface area contributed by atoms with Gasteiger partial charge in [-0.05, 0) is 23.3 Å². The first kappa shape index (κ1) is 20.6. The van der Waals surface area contributed by atoms with Crippen LogP contribution in [-0.4, -0.2) is 51.5 Å². The number of amides is 5. The number of hydrogen-bond donors (Lipinski definition) is 0. The molecular formula is C26H21N3O4. The molecule has 3 aromatic rings. The molecule has 2 aliphatic rings. The Hall–Kier alpha value is -4.26. The smallest absolute Gasteiger partial charge is 0.304 e. The van der Waals surface area contributed by atoms with Crippen molar-refractivity contribution in [3.63, 3.8) is 0 Å². The Bertz CT molecular complexity index is 1210. The van der Waals surface area contributed by atoms with Crippen molar-refractivity contribution < 1.29 is 19.2 Å². The Morgan fingerprint density at radius 3 is 1.73 bits per heavy atom. The van der Waals surface area contributed by atoms with Crippen molar-refractivity contribution in [2.75, 3.05) is 13.1 Å². The zero-order valence-electron chi connectivity index (χ0n) is 17.8. The molecule has 0 saturated carbocycles. The quantitative estimate of drug-likeness (QED) is 0.435. The molecule has 33 heavy (non-hydrogen) atoms. The van der Waals surface area contributed by atoms with Crippen molar-refractivity contribution >= 4 is 23.8 Å². The molecule has 0 N–H and O–H groups in total. The minimum Gasteiger partial charge on any atom is -0.304 e.